The minimum atomic E-state index is -3.47. The van der Waals surface area contributed by atoms with E-state index in [9.17, 15) is 8.42 Å². The first-order valence-corrected chi connectivity index (χ1v) is 9.43. The Hall–Kier alpha value is -1.70. The summed E-state index contributed by atoms with van der Waals surface area (Å²) in [5.74, 6) is 0.845. The Kier molecular flexibility index (Phi) is 4.50. The van der Waals surface area contributed by atoms with Crippen LogP contribution in [0.25, 0.3) is 0 Å². The predicted molar refractivity (Wildman–Crippen MR) is 91.1 cm³/mol. The van der Waals surface area contributed by atoms with Gasteiger partial charge in [0.05, 0.1) is 4.90 Å². The van der Waals surface area contributed by atoms with Gasteiger partial charge in [-0.1, -0.05) is 17.7 Å². The minimum absolute atomic E-state index is 0.343. The maximum Gasteiger partial charge on any atom is 0.243 e. The van der Waals surface area contributed by atoms with Crippen molar-refractivity contribution < 1.29 is 13.2 Å². The lowest BCUT2D eigenvalue weighted by molar-refractivity contribution is -0.0592. The third-order valence-corrected chi connectivity index (χ3v) is 6.72. The monoisotopic (exact) mass is 349 g/mol. The molecule has 0 atom stereocenters. The highest BCUT2D eigenvalue weighted by Gasteiger charge is 2.42. The van der Waals surface area contributed by atoms with Gasteiger partial charge in [0.15, 0.2) is 0 Å². The van der Waals surface area contributed by atoms with Crippen LogP contribution in [-0.4, -0.2) is 42.5 Å². The normalized spacial score (nSPS) is 18.6. The minimum Gasteiger partial charge on any atom is -0.370 e. The van der Waals surface area contributed by atoms with E-state index in [1.54, 1.807) is 25.4 Å². The number of nitrogens with zero attached hydrogens (tertiary/aromatic N) is 3. The molecule has 24 heavy (non-hydrogen) atoms. The number of piperidine rings is 1. The largest absolute Gasteiger partial charge is 0.370 e. The van der Waals surface area contributed by atoms with Crippen LogP contribution in [0.15, 0.2) is 41.6 Å². The van der Waals surface area contributed by atoms with E-state index in [2.05, 4.69) is 4.98 Å². The number of sulfonamides is 1. The molecule has 0 aliphatic carbocycles. The van der Waals surface area contributed by atoms with Crippen molar-refractivity contribution in [3.63, 3.8) is 0 Å². The molecule has 1 saturated heterocycles. The lowest BCUT2D eigenvalue weighted by atomic mass is 9.91. The molecule has 0 amide bonds. The Bertz CT molecular complexity index is 804. The van der Waals surface area contributed by atoms with Gasteiger partial charge < -0.3 is 9.30 Å². The maximum absolute atomic E-state index is 12.8. The van der Waals surface area contributed by atoms with Crippen LogP contribution in [0.3, 0.4) is 0 Å². The highest BCUT2D eigenvalue weighted by molar-refractivity contribution is 7.89. The molecule has 0 unspecified atom stereocenters. The van der Waals surface area contributed by atoms with Gasteiger partial charge in [-0.2, -0.15) is 4.31 Å². The van der Waals surface area contributed by atoms with Crippen LogP contribution in [0.5, 0.6) is 0 Å². The smallest absolute Gasteiger partial charge is 0.243 e. The van der Waals surface area contributed by atoms with Crippen LogP contribution >= 0.6 is 0 Å². The zero-order chi connectivity index (χ0) is 17.4. The molecule has 2 aromatic rings. The van der Waals surface area contributed by atoms with Crippen LogP contribution in [-0.2, 0) is 27.4 Å². The first kappa shape index (κ1) is 17.1. The second-order valence-electron chi connectivity index (χ2n) is 6.28. The summed E-state index contributed by atoms with van der Waals surface area (Å²) < 4.78 is 34.9. The molecule has 0 N–H and O–H groups in total. The second kappa shape index (κ2) is 6.31. The molecule has 6 nitrogen and oxygen atoms in total. The van der Waals surface area contributed by atoms with Crippen molar-refractivity contribution >= 4 is 10.0 Å². The molecule has 0 saturated carbocycles. The van der Waals surface area contributed by atoms with Crippen LogP contribution in [0.4, 0.5) is 0 Å². The third kappa shape index (κ3) is 2.87. The summed E-state index contributed by atoms with van der Waals surface area (Å²) in [6, 6.07) is 6.98. The summed E-state index contributed by atoms with van der Waals surface area (Å²) in [5.41, 5.74) is 0.512. The van der Waals surface area contributed by atoms with Gasteiger partial charge in [-0.15, -0.1) is 0 Å². The summed E-state index contributed by atoms with van der Waals surface area (Å²) in [4.78, 5) is 4.75. The molecule has 0 spiro atoms. The second-order valence-corrected chi connectivity index (χ2v) is 8.22. The third-order valence-electron chi connectivity index (χ3n) is 4.81. The van der Waals surface area contributed by atoms with Gasteiger partial charge >= 0.3 is 0 Å². The molecule has 2 heterocycles. The molecule has 1 aliphatic heterocycles. The van der Waals surface area contributed by atoms with Crippen LogP contribution in [0.2, 0.25) is 0 Å². The molecular weight excluding hydrogens is 326 g/mol. The van der Waals surface area contributed by atoms with Crippen LogP contribution in [0, 0.1) is 6.92 Å². The first-order chi connectivity index (χ1) is 11.4. The average Bonchev–Trinajstić information content (AvgIpc) is 3.02. The molecule has 130 valence electrons. The summed E-state index contributed by atoms with van der Waals surface area (Å²) >= 11 is 0. The summed E-state index contributed by atoms with van der Waals surface area (Å²) in [6.45, 7) is 2.77. The fourth-order valence-corrected chi connectivity index (χ4v) is 4.71. The Labute approximate surface area is 143 Å². The Morgan fingerprint density at radius 1 is 1.17 bits per heavy atom. The Morgan fingerprint density at radius 3 is 2.29 bits per heavy atom. The fraction of sp³-hybridized carbons (Fsp3) is 0.471. The Balaban J connectivity index is 1.81. The van der Waals surface area contributed by atoms with Crippen molar-refractivity contribution in [1.29, 1.82) is 0 Å². The Morgan fingerprint density at radius 2 is 1.79 bits per heavy atom. The zero-order valence-electron chi connectivity index (χ0n) is 14.3. The average molecular weight is 349 g/mol. The lowest BCUT2D eigenvalue weighted by Crippen LogP contribution is -2.47. The number of benzene rings is 1. The van der Waals surface area contributed by atoms with E-state index in [0.717, 1.165) is 11.4 Å². The summed E-state index contributed by atoms with van der Waals surface area (Å²) in [6.07, 6.45) is 4.79. The number of ether oxygens (including phenoxy) is 1. The maximum atomic E-state index is 12.8. The number of hydrogen-bond donors (Lipinski definition) is 0. The van der Waals surface area contributed by atoms with Gasteiger partial charge in [0, 0.05) is 39.6 Å². The molecule has 3 rings (SSSR count). The van der Waals surface area contributed by atoms with Crippen LogP contribution < -0.4 is 0 Å². The van der Waals surface area contributed by atoms with Crippen LogP contribution in [0.1, 0.15) is 24.2 Å². The van der Waals surface area contributed by atoms with Crippen molar-refractivity contribution in [3.8, 4) is 0 Å². The lowest BCUT2D eigenvalue weighted by Gasteiger charge is -2.39. The molecule has 0 radical (unpaired) electrons. The van der Waals surface area contributed by atoms with E-state index in [0.29, 0.717) is 30.8 Å². The molecule has 1 aromatic heterocycles. The number of rotatable bonds is 4. The first-order valence-electron chi connectivity index (χ1n) is 7.99. The molecule has 0 bridgehead atoms. The van der Waals surface area contributed by atoms with E-state index in [4.69, 9.17) is 4.74 Å². The van der Waals surface area contributed by atoms with Gasteiger partial charge in [0.1, 0.15) is 11.4 Å². The predicted octanol–water partition coefficient (Wildman–Crippen LogP) is 2.05. The molecular formula is C17H23N3O3S. The standard InChI is InChI=1S/C17H23N3O3S/c1-14-4-6-15(7-5-14)24(21,22)20-11-8-17(23-3,9-12-20)16-18-10-13-19(16)2/h4-7,10,13H,8-9,11-12H2,1-3H3. The van der Waals surface area contributed by atoms with Crippen molar-refractivity contribution in [2.75, 3.05) is 20.2 Å². The van der Waals surface area contributed by atoms with Crippen molar-refractivity contribution in [1.82, 2.24) is 13.9 Å². The number of aromatic nitrogens is 2. The van der Waals surface area contributed by atoms with Gasteiger partial charge in [-0.3, -0.25) is 0 Å². The van der Waals surface area contributed by atoms with Gasteiger partial charge in [-0.25, -0.2) is 13.4 Å². The summed E-state index contributed by atoms with van der Waals surface area (Å²) in [5, 5.41) is 0. The van der Waals surface area contributed by atoms with Crippen molar-refractivity contribution in [3.05, 3.63) is 48.0 Å². The quantitative estimate of drug-likeness (QED) is 0.847. The fourth-order valence-electron chi connectivity index (χ4n) is 3.27. The van der Waals surface area contributed by atoms with Crippen molar-refractivity contribution in [2.24, 2.45) is 7.05 Å². The van der Waals surface area contributed by atoms with E-state index < -0.39 is 15.6 Å². The van der Waals surface area contributed by atoms with E-state index in [-0.39, 0.29) is 0 Å². The molecule has 1 aromatic carbocycles. The SMILES string of the molecule is COC1(c2nccn2C)CCN(S(=O)(=O)c2ccc(C)cc2)CC1. The zero-order valence-corrected chi connectivity index (χ0v) is 15.1. The molecule has 7 heteroatoms. The van der Waals surface area contributed by atoms with Gasteiger partial charge in [-0.05, 0) is 31.9 Å². The van der Waals surface area contributed by atoms with Gasteiger partial charge in [0.2, 0.25) is 10.0 Å². The number of hydrogen-bond acceptors (Lipinski definition) is 4. The molecule has 1 fully saturated rings. The highest BCUT2D eigenvalue weighted by Crippen LogP contribution is 2.36. The molecule has 1 aliphatic rings. The van der Waals surface area contributed by atoms with Gasteiger partial charge in [0.25, 0.3) is 0 Å². The number of imidazole rings is 1. The number of methoxy groups -OCH3 is 1. The van der Waals surface area contributed by atoms with Crippen molar-refractivity contribution in [2.45, 2.75) is 30.3 Å². The highest BCUT2D eigenvalue weighted by atomic mass is 32.2. The topological polar surface area (TPSA) is 64.4 Å². The van der Waals surface area contributed by atoms with E-state index in [1.807, 2.05) is 36.9 Å². The van der Waals surface area contributed by atoms with E-state index >= 15 is 0 Å². The van der Waals surface area contributed by atoms with E-state index in [1.165, 1.54) is 4.31 Å². The number of aryl methyl sites for hydroxylation is 2. The summed E-state index contributed by atoms with van der Waals surface area (Å²) in [7, 11) is 0.129.